The van der Waals surface area contributed by atoms with Crippen LogP contribution in [0.4, 0.5) is 0 Å². The Balaban J connectivity index is 0.000000490. The zero-order valence-electron chi connectivity index (χ0n) is 5.09. The van der Waals surface area contributed by atoms with Crippen LogP contribution in [0.25, 0.3) is 0 Å². The molecule has 0 aliphatic carbocycles. The second-order valence-electron chi connectivity index (χ2n) is 1.65. The molecule has 0 aliphatic rings. The molecule has 0 unspecified atom stereocenters. The smallest absolute Gasteiger partial charge is 0 e. The molecule has 0 saturated carbocycles. The fraction of sp³-hybridized carbons (Fsp3) is 0.143. The molecule has 0 saturated heterocycles. The Bertz CT molecular complexity index is 134. The summed E-state index contributed by atoms with van der Waals surface area (Å²) in [4.78, 5) is 0. The molecule has 0 nitrogen and oxygen atoms in total. The Kier molecular flexibility index (Phi) is 3.72. The number of hydrogen-bond acceptors (Lipinski definition) is 0. The Labute approximate surface area is 62.7 Å². The van der Waals surface area contributed by atoms with Gasteiger partial charge < -0.3 is 0 Å². The van der Waals surface area contributed by atoms with E-state index in [0.717, 1.165) is 0 Å². The fourth-order valence-corrected chi connectivity index (χ4v) is 0.534. The van der Waals surface area contributed by atoms with Crippen molar-refractivity contribution in [2.24, 2.45) is 0 Å². The van der Waals surface area contributed by atoms with Crippen molar-refractivity contribution in [3.8, 4) is 0 Å². The van der Waals surface area contributed by atoms with Gasteiger partial charge in [-0.05, 0) is 6.92 Å². The minimum atomic E-state index is 0. The van der Waals surface area contributed by atoms with Gasteiger partial charge in [0.05, 0.1) is 0 Å². The molecule has 0 aliphatic heterocycles. The Hall–Kier alpha value is -0.157. The van der Waals surface area contributed by atoms with Gasteiger partial charge in [0.25, 0.3) is 0 Å². The molecule has 0 atom stereocenters. The molecule has 0 amide bonds. The predicted molar refractivity (Wildman–Crippen MR) is 31.2 cm³/mol. The number of benzene rings is 1. The van der Waals surface area contributed by atoms with Gasteiger partial charge in [-0.2, -0.15) is 0 Å². The van der Waals surface area contributed by atoms with Gasteiger partial charge in [0.15, 0.2) is 0 Å². The molecule has 0 fully saturated rings. The summed E-state index contributed by atoms with van der Waals surface area (Å²) in [5.74, 6) is 0. The van der Waals surface area contributed by atoms with E-state index >= 15 is 0 Å². The van der Waals surface area contributed by atoms with Crippen molar-refractivity contribution >= 4 is 0 Å². The van der Waals surface area contributed by atoms with E-state index in [1.165, 1.54) is 5.56 Å². The summed E-state index contributed by atoms with van der Waals surface area (Å²) < 4.78 is 0. The van der Waals surface area contributed by atoms with E-state index in [2.05, 4.69) is 19.1 Å². The molecule has 38 valence electrons. The topological polar surface area (TPSA) is 0 Å². The number of rotatable bonds is 0. The van der Waals surface area contributed by atoms with Gasteiger partial charge in [0.1, 0.15) is 0 Å². The van der Waals surface area contributed by atoms with Crippen LogP contribution in [0, 0.1) is 6.92 Å². The van der Waals surface area contributed by atoms with Gasteiger partial charge in [0, 0.05) is 19.5 Å². The summed E-state index contributed by atoms with van der Waals surface area (Å²) in [5.41, 5.74) is 1.32. The van der Waals surface area contributed by atoms with E-state index in [4.69, 9.17) is 0 Å². The van der Waals surface area contributed by atoms with Crippen LogP contribution in [0.15, 0.2) is 30.3 Å². The van der Waals surface area contributed by atoms with Gasteiger partial charge >= 0.3 is 0 Å². The molecule has 0 radical (unpaired) electrons. The normalized spacial score (nSPS) is 7.62. The zero-order valence-corrected chi connectivity index (χ0v) is 8.06. The van der Waals surface area contributed by atoms with Gasteiger partial charge in [0.2, 0.25) is 0 Å². The van der Waals surface area contributed by atoms with Crippen molar-refractivity contribution in [2.45, 2.75) is 6.92 Å². The average Bonchev–Trinajstić information content (AvgIpc) is 1.69. The van der Waals surface area contributed by atoms with Crippen LogP contribution in [-0.2, 0) is 19.5 Å². The minimum Gasteiger partial charge on any atom is -0.0622 e. The fourth-order valence-electron chi connectivity index (χ4n) is 0.534. The van der Waals surface area contributed by atoms with Crippen LogP contribution in [0.1, 0.15) is 5.56 Å². The summed E-state index contributed by atoms with van der Waals surface area (Å²) in [6.07, 6.45) is 0. The predicted octanol–water partition coefficient (Wildman–Crippen LogP) is 1.99. The van der Waals surface area contributed by atoms with E-state index in [1.54, 1.807) is 0 Å². The first-order valence-electron chi connectivity index (χ1n) is 2.41. The summed E-state index contributed by atoms with van der Waals surface area (Å²) in [7, 11) is 0. The summed E-state index contributed by atoms with van der Waals surface area (Å²) in [5, 5.41) is 0. The molecule has 8 heavy (non-hydrogen) atoms. The van der Waals surface area contributed by atoms with Crippen molar-refractivity contribution in [3.63, 3.8) is 0 Å². The van der Waals surface area contributed by atoms with E-state index < -0.39 is 0 Å². The molecule has 0 N–H and O–H groups in total. The molecular weight excluding hydrogens is 149 g/mol. The van der Waals surface area contributed by atoms with Gasteiger partial charge in [-0.15, -0.1) is 0 Å². The summed E-state index contributed by atoms with van der Waals surface area (Å²) in [6, 6.07) is 10.3. The maximum atomic E-state index is 2.08. The van der Waals surface area contributed by atoms with Crippen molar-refractivity contribution < 1.29 is 19.5 Å². The Morgan fingerprint density at radius 2 is 1.50 bits per heavy atom. The quantitative estimate of drug-likeness (QED) is 0.506. The van der Waals surface area contributed by atoms with Crippen molar-refractivity contribution in [1.29, 1.82) is 0 Å². The second kappa shape index (κ2) is 3.80. The number of aryl methyl sites for hydroxylation is 1. The second-order valence-corrected chi connectivity index (χ2v) is 1.65. The molecule has 0 bridgehead atoms. The van der Waals surface area contributed by atoms with E-state index in [0.29, 0.717) is 0 Å². The zero-order chi connectivity index (χ0) is 5.11. The third-order valence-electron chi connectivity index (χ3n) is 0.940. The van der Waals surface area contributed by atoms with Gasteiger partial charge in [-0.3, -0.25) is 0 Å². The largest absolute Gasteiger partial charge is 0.0622 e. The molecule has 1 heteroatoms. The molecule has 0 spiro atoms. The molecule has 1 aromatic carbocycles. The first kappa shape index (κ1) is 7.84. The first-order valence-corrected chi connectivity index (χ1v) is 2.41. The van der Waals surface area contributed by atoms with Crippen molar-refractivity contribution in [1.82, 2.24) is 0 Å². The average molecular weight is 158 g/mol. The van der Waals surface area contributed by atoms with E-state index in [-0.39, 0.29) is 19.5 Å². The van der Waals surface area contributed by atoms with Crippen LogP contribution in [0.3, 0.4) is 0 Å². The maximum absolute atomic E-state index is 2.08. The minimum absolute atomic E-state index is 0. The molecule has 0 heterocycles. The van der Waals surface area contributed by atoms with Crippen LogP contribution in [0.5, 0.6) is 0 Å². The third kappa shape index (κ3) is 2.23. The first-order chi connectivity index (χ1) is 3.39. The van der Waals surface area contributed by atoms with Gasteiger partial charge in [-0.25, -0.2) is 0 Å². The monoisotopic (exact) mass is 156 g/mol. The van der Waals surface area contributed by atoms with Crippen LogP contribution in [0.2, 0.25) is 0 Å². The number of hydrogen-bond donors (Lipinski definition) is 0. The molecule has 1 rings (SSSR count). The summed E-state index contributed by atoms with van der Waals surface area (Å²) >= 11 is 0. The van der Waals surface area contributed by atoms with E-state index in [9.17, 15) is 0 Å². The SMILES string of the molecule is Cc1ccccc1.[Zn]. The van der Waals surface area contributed by atoms with Crippen LogP contribution in [-0.4, -0.2) is 0 Å². The van der Waals surface area contributed by atoms with Crippen LogP contribution < -0.4 is 0 Å². The summed E-state index contributed by atoms with van der Waals surface area (Å²) in [6.45, 7) is 2.08. The Morgan fingerprint density at radius 1 is 1.00 bits per heavy atom. The molecule has 1 aromatic rings. The van der Waals surface area contributed by atoms with Crippen LogP contribution >= 0.6 is 0 Å². The van der Waals surface area contributed by atoms with Crippen molar-refractivity contribution in [2.75, 3.05) is 0 Å². The Morgan fingerprint density at radius 3 is 1.75 bits per heavy atom. The standard InChI is InChI=1S/C7H8.Zn/c1-7-5-3-2-4-6-7;/h2-6H,1H3;. The molecular formula is C7H8Zn. The third-order valence-corrected chi connectivity index (χ3v) is 0.940. The van der Waals surface area contributed by atoms with Gasteiger partial charge in [-0.1, -0.05) is 35.9 Å². The maximum Gasteiger partial charge on any atom is 0 e. The van der Waals surface area contributed by atoms with E-state index in [1.807, 2.05) is 18.2 Å². The van der Waals surface area contributed by atoms with Crippen molar-refractivity contribution in [3.05, 3.63) is 35.9 Å². The molecule has 0 aromatic heterocycles.